The van der Waals surface area contributed by atoms with Crippen molar-refractivity contribution in [3.63, 3.8) is 0 Å². The molecular formula is C49H55F3N4O10Si. The number of carbonyl (C=O) groups excluding carboxylic acids is 4. The summed E-state index contributed by atoms with van der Waals surface area (Å²) >= 11 is 0. The fourth-order valence-corrected chi connectivity index (χ4v) is 11.2. The highest BCUT2D eigenvalue weighted by molar-refractivity contribution is 6.74. The van der Waals surface area contributed by atoms with Gasteiger partial charge in [-0.3, -0.25) is 24.1 Å². The molecule has 18 heteroatoms. The average molecular weight is 945 g/mol. The third kappa shape index (κ3) is 8.30. The molecule has 5 atom stereocenters. The first-order valence-corrected chi connectivity index (χ1v) is 25.2. The molecule has 0 bridgehead atoms. The highest BCUT2D eigenvalue weighted by atomic mass is 28.4. The second kappa shape index (κ2) is 17.6. The molecule has 2 N–H and O–H groups in total. The minimum Gasteiger partial charge on any atom is -0.507 e. The molecule has 2 heterocycles. The topological polar surface area (TPSA) is 170 Å². The Bertz CT molecular complexity index is 2630. The standard InChI is InChI=1S/C49H55F3N4O10Si/c1-47(2,3)67(7,8)66-48-31(38(55(4)5)41-37(43(48)59)45(54-65-41)64-26-28-18-13-10-14-19-28)23-29-22-30-34(62-6)24-32(53-44(60)33-20-15-21-56(33)46(61)49(50,51)52)40(36(30)39(57)35(29)42(48)58)63-25-27-16-11-9-12-17-27/h9-14,16-19,24,29,31,33,38,57H,15,20-23,25-26H2,1-8H3,(H,53,60)/t29-,31-,33-,38-,48?/m0/s1. The Hall–Kier alpha value is -5.98. The lowest BCUT2D eigenvalue weighted by molar-refractivity contribution is -0.186. The molecule has 0 radical (unpaired) electrons. The first kappa shape index (κ1) is 47.5. The monoisotopic (exact) mass is 944 g/mol. The van der Waals surface area contributed by atoms with Gasteiger partial charge in [-0.15, -0.1) is 0 Å². The lowest BCUT2D eigenvalue weighted by atomic mass is 9.57. The van der Waals surface area contributed by atoms with Gasteiger partial charge in [0, 0.05) is 29.7 Å². The van der Waals surface area contributed by atoms with Gasteiger partial charge in [0.2, 0.25) is 17.5 Å². The molecule has 2 fully saturated rings. The first-order chi connectivity index (χ1) is 31.6. The summed E-state index contributed by atoms with van der Waals surface area (Å²) in [5.41, 5.74) is -0.506. The van der Waals surface area contributed by atoms with E-state index in [-0.39, 0.29) is 91.0 Å². The summed E-state index contributed by atoms with van der Waals surface area (Å²) in [6, 6.07) is 17.5. The summed E-state index contributed by atoms with van der Waals surface area (Å²) in [6.45, 7) is 9.53. The second-order valence-electron chi connectivity index (χ2n) is 19.4. The number of Topliss-reactive ketones (excluding diaryl/α,β-unsaturated/α-hetero) is 2. The predicted molar refractivity (Wildman–Crippen MR) is 242 cm³/mol. The minimum atomic E-state index is -5.20. The van der Waals surface area contributed by atoms with Crippen LogP contribution in [0.1, 0.15) is 84.4 Å². The number of hydrogen-bond acceptors (Lipinski definition) is 12. The van der Waals surface area contributed by atoms with E-state index in [1.54, 1.807) is 24.3 Å². The van der Waals surface area contributed by atoms with Crippen LogP contribution in [0, 0.1) is 11.8 Å². The van der Waals surface area contributed by atoms with Gasteiger partial charge in [0.15, 0.2) is 25.4 Å². The molecule has 1 aromatic heterocycles. The van der Waals surface area contributed by atoms with E-state index in [1.807, 2.05) is 89.3 Å². The molecule has 2 amide bonds. The van der Waals surface area contributed by atoms with Crippen LogP contribution >= 0.6 is 0 Å². The zero-order chi connectivity index (χ0) is 48.4. The van der Waals surface area contributed by atoms with Crippen molar-refractivity contribution in [3.8, 4) is 17.4 Å². The van der Waals surface area contributed by atoms with Gasteiger partial charge in [-0.25, -0.2) is 0 Å². The van der Waals surface area contributed by atoms with Gasteiger partial charge in [0.25, 0.3) is 5.88 Å². The highest BCUT2D eigenvalue weighted by Gasteiger charge is 2.69. The molecular weight excluding hydrogens is 890 g/mol. The number of carbonyl (C=O) groups is 4. The number of aliphatic hydroxyl groups is 1. The fraction of sp³-hybridized carbons (Fsp3) is 0.449. The van der Waals surface area contributed by atoms with E-state index < -0.39 is 78.2 Å². The number of fused-ring (bicyclic) bond motifs is 4. The summed E-state index contributed by atoms with van der Waals surface area (Å²) in [6.07, 6.45) is -4.82. The summed E-state index contributed by atoms with van der Waals surface area (Å²) in [7, 11) is 1.93. The van der Waals surface area contributed by atoms with Crippen LogP contribution in [0.5, 0.6) is 17.4 Å². The maximum atomic E-state index is 16.1. The lowest BCUT2D eigenvalue weighted by Gasteiger charge is -2.55. The van der Waals surface area contributed by atoms with Crippen LogP contribution in [0.15, 0.2) is 76.8 Å². The lowest BCUT2D eigenvalue weighted by Crippen LogP contribution is -2.68. The van der Waals surface area contributed by atoms with Crippen LogP contribution in [0.2, 0.25) is 18.1 Å². The molecule has 1 saturated heterocycles. The van der Waals surface area contributed by atoms with Crippen molar-refractivity contribution >= 4 is 43.1 Å². The maximum Gasteiger partial charge on any atom is 0.471 e. The smallest absolute Gasteiger partial charge is 0.471 e. The van der Waals surface area contributed by atoms with Gasteiger partial charge in [0.05, 0.1) is 24.4 Å². The van der Waals surface area contributed by atoms with Gasteiger partial charge in [-0.05, 0) is 80.1 Å². The number of anilines is 1. The van der Waals surface area contributed by atoms with E-state index in [2.05, 4.69) is 10.5 Å². The number of ether oxygens (including phenoxy) is 3. The zero-order valence-electron chi connectivity index (χ0n) is 38.7. The van der Waals surface area contributed by atoms with Gasteiger partial charge in [-0.2, -0.15) is 13.2 Å². The van der Waals surface area contributed by atoms with Crippen molar-refractivity contribution in [1.82, 2.24) is 15.0 Å². The number of nitrogens with one attached hydrogen (secondary N) is 1. The van der Waals surface area contributed by atoms with E-state index >= 15 is 9.59 Å². The van der Waals surface area contributed by atoms with Crippen LogP contribution in [0.4, 0.5) is 18.9 Å². The zero-order valence-corrected chi connectivity index (χ0v) is 39.7. The van der Waals surface area contributed by atoms with E-state index in [0.717, 1.165) is 5.56 Å². The number of methoxy groups -OCH3 is 1. The normalized spacial score (nSPS) is 22.8. The van der Waals surface area contributed by atoms with E-state index in [1.165, 1.54) is 13.2 Å². The number of halogens is 3. The Labute approximate surface area is 387 Å². The van der Waals surface area contributed by atoms with Crippen LogP contribution < -0.4 is 19.5 Å². The summed E-state index contributed by atoms with van der Waals surface area (Å²) < 4.78 is 72.8. The fourth-order valence-electron chi connectivity index (χ4n) is 9.79. The number of rotatable bonds is 12. The molecule has 1 aliphatic heterocycles. The number of aromatic nitrogens is 1. The summed E-state index contributed by atoms with van der Waals surface area (Å²) in [5, 5.41) is 19.3. The number of benzene rings is 3. The van der Waals surface area contributed by atoms with Crippen molar-refractivity contribution in [2.24, 2.45) is 11.8 Å². The average Bonchev–Trinajstić information content (AvgIpc) is 3.94. The Kier molecular flexibility index (Phi) is 12.5. The quantitative estimate of drug-likeness (QED) is 0.103. The summed E-state index contributed by atoms with van der Waals surface area (Å²) in [4.78, 5) is 60.6. The van der Waals surface area contributed by atoms with E-state index in [4.69, 9.17) is 23.2 Å². The van der Waals surface area contributed by atoms with Crippen molar-refractivity contribution in [2.45, 2.75) is 102 Å². The van der Waals surface area contributed by atoms with Gasteiger partial charge in [0.1, 0.15) is 36.3 Å². The first-order valence-electron chi connectivity index (χ1n) is 22.3. The van der Waals surface area contributed by atoms with Gasteiger partial charge in [-0.1, -0.05) is 81.4 Å². The molecule has 3 aromatic carbocycles. The van der Waals surface area contributed by atoms with Crippen molar-refractivity contribution in [1.29, 1.82) is 0 Å². The molecule has 8 rings (SSSR count). The number of likely N-dealkylation sites (tertiary alicyclic amines) is 1. The van der Waals surface area contributed by atoms with Crippen LogP contribution in [-0.2, 0) is 38.4 Å². The van der Waals surface area contributed by atoms with Crippen LogP contribution in [0.3, 0.4) is 0 Å². The molecule has 1 saturated carbocycles. The second-order valence-corrected chi connectivity index (χ2v) is 24.1. The molecule has 3 aliphatic carbocycles. The molecule has 1 unspecified atom stereocenters. The minimum absolute atomic E-state index is 0.00859. The predicted octanol–water partition coefficient (Wildman–Crippen LogP) is 8.62. The van der Waals surface area contributed by atoms with Crippen molar-refractivity contribution in [3.05, 3.63) is 106 Å². The summed E-state index contributed by atoms with van der Waals surface area (Å²) in [5.74, 6) is -6.40. The molecule has 0 spiro atoms. The molecule has 4 aliphatic rings. The molecule has 67 heavy (non-hydrogen) atoms. The SMILES string of the molecule is COc1cc(NC(=O)[C@@H]2CCCN2C(=O)C(F)(F)F)c(OCc2ccccc2)c2c1C[C@H]1C[C@H]3[C@H](N(C)C)c4onc(OCc5ccccc5)c4C(=O)C3(O[Si](C)(C)C(C)(C)C)C(=O)C1=C2O. The number of aliphatic hydroxyl groups excluding tert-OH is 1. The van der Waals surface area contributed by atoms with E-state index in [0.29, 0.717) is 16.0 Å². The van der Waals surface area contributed by atoms with Crippen molar-refractivity contribution < 1.29 is 60.6 Å². The van der Waals surface area contributed by atoms with E-state index in [9.17, 15) is 27.9 Å². The van der Waals surface area contributed by atoms with Crippen molar-refractivity contribution in [2.75, 3.05) is 33.1 Å². The maximum absolute atomic E-state index is 16.1. The Morgan fingerprint density at radius 3 is 2.18 bits per heavy atom. The number of alkyl halides is 3. The largest absolute Gasteiger partial charge is 0.507 e. The van der Waals surface area contributed by atoms with Gasteiger partial charge >= 0.3 is 12.1 Å². The highest BCUT2D eigenvalue weighted by Crippen LogP contribution is 2.60. The van der Waals surface area contributed by atoms with Crippen LogP contribution in [-0.4, -0.2) is 97.3 Å². The third-order valence-corrected chi connectivity index (χ3v) is 18.4. The third-order valence-electron chi connectivity index (χ3n) is 14.0. The number of amides is 2. The van der Waals surface area contributed by atoms with Crippen LogP contribution in [0.25, 0.3) is 5.76 Å². The Morgan fingerprint density at radius 1 is 0.970 bits per heavy atom. The Morgan fingerprint density at radius 2 is 1.60 bits per heavy atom. The number of ketones is 2. The molecule has 14 nitrogen and oxygen atoms in total. The Balaban J connectivity index is 1.30. The number of hydrogen-bond donors (Lipinski definition) is 2. The molecule has 356 valence electrons. The van der Waals surface area contributed by atoms with Gasteiger partial charge < -0.3 is 38.5 Å². The molecule has 4 aromatic rings. The number of nitrogens with zero attached hydrogens (tertiary/aromatic N) is 3.